The highest BCUT2D eigenvalue weighted by atomic mass is 31.1. The number of hydrogen-bond donors (Lipinski definition) is 0. The van der Waals surface area contributed by atoms with Crippen LogP contribution in [-0.2, 0) is 4.79 Å². The third-order valence-electron chi connectivity index (χ3n) is 15.1. The third-order valence-corrected chi connectivity index (χ3v) is 16.6. The minimum atomic E-state index is -0.290. The lowest BCUT2D eigenvalue weighted by Crippen LogP contribution is -2.54. The predicted octanol–water partition coefficient (Wildman–Crippen LogP) is 13.2. The summed E-state index contributed by atoms with van der Waals surface area (Å²) in [5, 5.41) is 0. The monoisotopic (exact) mass is 649 g/mol. The number of Topliss-reactive ketones (excluding diaryl/α,β-unsaturated/α-hetero) is 1. The summed E-state index contributed by atoms with van der Waals surface area (Å²) in [7, 11) is 1.05. The molecule has 3 saturated carbocycles. The zero-order valence-electron chi connectivity index (χ0n) is 32.5. The Morgan fingerprint density at radius 1 is 0.957 bits per heavy atom. The summed E-state index contributed by atoms with van der Waals surface area (Å²) in [6.07, 6.45) is 16.9. The van der Waals surface area contributed by atoms with Crippen LogP contribution in [0.3, 0.4) is 0 Å². The topological polar surface area (TPSA) is 17.1 Å². The fourth-order valence-corrected chi connectivity index (χ4v) is 13.9. The molecule has 3 aliphatic carbocycles. The van der Waals surface area contributed by atoms with Gasteiger partial charge in [0.1, 0.15) is 5.78 Å². The molecule has 1 nitrogen and oxygen atoms in total. The van der Waals surface area contributed by atoms with Gasteiger partial charge in [-0.15, -0.1) is 8.58 Å². The van der Waals surface area contributed by atoms with Gasteiger partial charge >= 0.3 is 0 Å². The highest BCUT2D eigenvalue weighted by Gasteiger charge is 2.57. The summed E-state index contributed by atoms with van der Waals surface area (Å²) in [6, 6.07) is 0. The second kappa shape index (κ2) is 14.1. The maximum absolute atomic E-state index is 12.3. The number of allylic oxidation sites excluding steroid dienone is 6. The van der Waals surface area contributed by atoms with Gasteiger partial charge in [-0.25, -0.2) is 0 Å². The summed E-state index contributed by atoms with van der Waals surface area (Å²) < 4.78 is 0. The summed E-state index contributed by atoms with van der Waals surface area (Å²) >= 11 is 0. The Morgan fingerprint density at radius 2 is 1.63 bits per heavy atom. The van der Waals surface area contributed by atoms with Crippen LogP contribution < -0.4 is 0 Å². The van der Waals surface area contributed by atoms with Crippen LogP contribution in [-0.4, -0.2) is 18.1 Å². The molecule has 3 fully saturated rings. The first-order chi connectivity index (χ1) is 21.3. The molecule has 0 aromatic carbocycles. The Morgan fingerprint density at radius 3 is 2.24 bits per heavy atom. The number of carbonyl (C=O) groups is 1. The molecule has 0 spiro atoms. The average molecular weight is 649 g/mol. The molecule has 9 atom stereocenters. The van der Waals surface area contributed by atoms with E-state index >= 15 is 0 Å². The lowest BCUT2D eigenvalue weighted by atomic mass is 9.43. The van der Waals surface area contributed by atoms with Gasteiger partial charge in [0.05, 0.1) is 0 Å². The van der Waals surface area contributed by atoms with Crippen molar-refractivity contribution in [3.8, 4) is 0 Å². The summed E-state index contributed by atoms with van der Waals surface area (Å²) in [5.41, 5.74) is 10.1. The first-order valence-corrected chi connectivity index (χ1v) is 20.7. The van der Waals surface area contributed by atoms with Gasteiger partial charge in [0.2, 0.25) is 0 Å². The maximum Gasteiger partial charge on any atom is 0.135 e. The molecular formula is C44H73OP. The van der Waals surface area contributed by atoms with E-state index in [1.807, 2.05) is 11.1 Å². The molecule has 1 aliphatic heterocycles. The second-order valence-corrected chi connectivity index (χ2v) is 19.9. The molecule has 0 amide bonds. The van der Waals surface area contributed by atoms with Crippen LogP contribution in [0.25, 0.3) is 0 Å². The van der Waals surface area contributed by atoms with Crippen LogP contribution in [0.4, 0.5) is 0 Å². The Labute approximate surface area is 288 Å². The molecule has 9 unspecified atom stereocenters. The molecular weight excluding hydrogens is 575 g/mol. The second-order valence-electron chi connectivity index (χ2n) is 18.7. The van der Waals surface area contributed by atoms with Gasteiger partial charge in [-0.05, 0) is 156 Å². The molecule has 0 saturated heterocycles. The van der Waals surface area contributed by atoms with Crippen LogP contribution in [0.2, 0.25) is 0 Å². The van der Waals surface area contributed by atoms with Crippen molar-refractivity contribution in [1.29, 1.82) is 0 Å². The zero-order valence-corrected chi connectivity index (χ0v) is 33.5. The van der Waals surface area contributed by atoms with Crippen molar-refractivity contribution in [3.05, 3.63) is 46.6 Å². The standard InChI is InChI=1S/C44H73OP/c1-28(2)32(7)34(9)44-21-15-20-42(13)22-19-38-33(8)36(24-30(5)25-41(11,12)35(10)45)18-23-43(38,14)39(42)17-16-31(6)40(44)37(29(3)4)26-46-27-44/h29,31,33,36,38-39,46H,1,5,15-27H2,2-4,6-14H3/b34-32+. The van der Waals surface area contributed by atoms with E-state index in [4.69, 9.17) is 0 Å². The minimum absolute atomic E-state index is 0.231. The maximum atomic E-state index is 12.3. The van der Waals surface area contributed by atoms with Crippen molar-refractivity contribution in [2.24, 2.45) is 57.2 Å². The number of hydrogen-bond acceptors (Lipinski definition) is 1. The Kier molecular flexibility index (Phi) is 11.6. The molecule has 4 rings (SSSR count). The predicted molar refractivity (Wildman–Crippen MR) is 205 cm³/mol. The zero-order chi connectivity index (χ0) is 34.4. The van der Waals surface area contributed by atoms with Gasteiger partial charge in [0, 0.05) is 10.8 Å². The van der Waals surface area contributed by atoms with Crippen LogP contribution in [0.5, 0.6) is 0 Å². The SMILES string of the molecule is C=C(CC1CCC2(C)C(CCC3(C)CCCC4(/C(C)=C(\C)C(=C)C)CPCC(C(C)C)=C4C(C)CCC32)C1C)CC(C)(C)C(C)=O. The molecule has 260 valence electrons. The molecule has 0 bridgehead atoms. The van der Waals surface area contributed by atoms with E-state index in [0.29, 0.717) is 28.6 Å². The van der Waals surface area contributed by atoms with Gasteiger partial charge in [0.15, 0.2) is 0 Å². The summed E-state index contributed by atoms with van der Waals surface area (Å²) in [6.45, 7) is 37.6. The first kappa shape index (κ1) is 37.9. The van der Waals surface area contributed by atoms with Crippen LogP contribution in [0.1, 0.15) is 154 Å². The van der Waals surface area contributed by atoms with Crippen LogP contribution >= 0.6 is 8.58 Å². The van der Waals surface area contributed by atoms with Gasteiger partial charge in [-0.3, -0.25) is 4.79 Å². The average Bonchev–Trinajstić information content (AvgIpc) is 2.96. The van der Waals surface area contributed by atoms with Crippen molar-refractivity contribution in [1.82, 2.24) is 0 Å². The van der Waals surface area contributed by atoms with Gasteiger partial charge < -0.3 is 0 Å². The van der Waals surface area contributed by atoms with Crippen LogP contribution in [0, 0.1) is 57.2 Å². The largest absolute Gasteiger partial charge is 0.299 e. The molecule has 46 heavy (non-hydrogen) atoms. The smallest absolute Gasteiger partial charge is 0.135 e. The minimum Gasteiger partial charge on any atom is -0.299 e. The van der Waals surface area contributed by atoms with Crippen molar-refractivity contribution < 1.29 is 4.79 Å². The van der Waals surface area contributed by atoms with Gasteiger partial charge in [-0.1, -0.05) is 103 Å². The number of ketones is 1. The van der Waals surface area contributed by atoms with E-state index in [2.05, 4.69) is 89.3 Å². The van der Waals surface area contributed by atoms with Crippen molar-refractivity contribution >= 4 is 14.4 Å². The van der Waals surface area contributed by atoms with Crippen molar-refractivity contribution in [2.45, 2.75) is 154 Å². The molecule has 2 heteroatoms. The number of rotatable bonds is 8. The molecule has 0 N–H and O–H groups in total. The number of carbonyl (C=O) groups excluding carboxylic acids is 1. The molecule has 0 aromatic heterocycles. The van der Waals surface area contributed by atoms with Crippen LogP contribution in [0.15, 0.2) is 46.6 Å². The quantitative estimate of drug-likeness (QED) is 0.145. The fourth-order valence-electron chi connectivity index (χ4n) is 11.8. The third kappa shape index (κ3) is 7.03. The van der Waals surface area contributed by atoms with E-state index in [1.54, 1.807) is 12.5 Å². The van der Waals surface area contributed by atoms with Crippen molar-refractivity contribution in [3.63, 3.8) is 0 Å². The molecule has 0 radical (unpaired) electrons. The summed E-state index contributed by atoms with van der Waals surface area (Å²) in [5.74, 6) is 4.62. The van der Waals surface area contributed by atoms with Gasteiger partial charge in [0.25, 0.3) is 0 Å². The normalized spacial score (nSPS) is 38.4. The first-order valence-electron chi connectivity index (χ1n) is 19.3. The Balaban J connectivity index is 1.65. The van der Waals surface area contributed by atoms with Crippen molar-refractivity contribution in [2.75, 3.05) is 12.3 Å². The van der Waals surface area contributed by atoms with Gasteiger partial charge in [-0.2, -0.15) is 0 Å². The molecule has 1 heterocycles. The highest BCUT2D eigenvalue weighted by Crippen LogP contribution is 2.66. The molecule has 0 aromatic rings. The lowest BCUT2D eigenvalue weighted by molar-refractivity contribution is -0.125. The highest BCUT2D eigenvalue weighted by molar-refractivity contribution is 7.38. The van der Waals surface area contributed by atoms with E-state index in [0.717, 1.165) is 39.2 Å². The number of fused-ring (bicyclic) bond motifs is 4. The van der Waals surface area contributed by atoms with E-state index in [-0.39, 0.29) is 16.6 Å². The fraction of sp³-hybridized carbons (Fsp3) is 0.795. The summed E-state index contributed by atoms with van der Waals surface area (Å²) in [4.78, 5) is 12.3. The van der Waals surface area contributed by atoms with E-state index < -0.39 is 0 Å². The van der Waals surface area contributed by atoms with E-state index in [1.165, 1.54) is 86.8 Å². The lowest BCUT2D eigenvalue weighted by Gasteiger charge is -2.62. The Bertz CT molecular complexity index is 1240. The Hall–Kier alpha value is -0.940. The van der Waals surface area contributed by atoms with E-state index in [9.17, 15) is 4.79 Å². The molecule has 4 aliphatic rings.